The minimum Gasteiger partial charge on any atom is -0.400 e. The van der Waals surface area contributed by atoms with E-state index < -0.39 is 28.1 Å². The third-order valence-electron chi connectivity index (χ3n) is 1.80. The van der Waals surface area contributed by atoms with Gasteiger partial charge in [-0.05, 0) is 0 Å². The maximum absolute atomic E-state index is 12.1. The van der Waals surface area contributed by atoms with Gasteiger partial charge in [-0.25, -0.2) is 0 Å². The van der Waals surface area contributed by atoms with Crippen LogP contribution in [-0.4, -0.2) is 22.5 Å². The van der Waals surface area contributed by atoms with Crippen LogP contribution in [-0.2, 0) is 4.79 Å². The molecule has 1 aliphatic rings. The minimum absolute atomic E-state index is 0.125. The summed E-state index contributed by atoms with van der Waals surface area (Å²) in [7, 11) is 0. The Morgan fingerprint density at radius 1 is 1.57 bits per heavy atom. The second-order valence-corrected chi connectivity index (χ2v) is 3.90. The molecule has 0 aromatic carbocycles. The van der Waals surface area contributed by atoms with Gasteiger partial charge >= 0.3 is 6.18 Å². The van der Waals surface area contributed by atoms with Crippen LogP contribution in [0.15, 0.2) is 11.3 Å². The van der Waals surface area contributed by atoms with Crippen molar-refractivity contribution in [2.75, 3.05) is 0 Å². The second kappa shape index (κ2) is 3.38. The number of carbonyl (C=O) groups is 1. The number of rotatable bonds is 1. The van der Waals surface area contributed by atoms with Crippen LogP contribution < -0.4 is 5.73 Å². The lowest BCUT2D eigenvalue weighted by Crippen LogP contribution is -2.27. The number of hydrogen-bond donors (Lipinski definition) is 2. The van der Waals surface area contributed by atoms with Crippen LogP contribution in [0.3, 0.4) is 0 Å². The average molecular weight is 271 g/mol. The third-order valence-corrected chi connectivity index (χ3v) is 2.62. The minimum atomic E-state index is -4.83. The molecule has 0 aromatic heterocycles. The highest BCUT2D eigenvalue weighted by atomic mass is 79.9. The quantitative estimate of drug-likeness (QED) is 0.560. The Morgan fingerprint density at radius 3 is 2.36 bits per heavy atom. The molecular weight excluding hydrogens is 265 g/mol. The fourth-order valence-corrected chi connectivity index (χ4v) is 1.64. The lowest BCUT2D eigenvalue weighted by atomic mass is 10.1. The van der Waals surface area contributed by atoms with Crippen LogP contribution in [0.1, 0.15) is 6.42 Å². The molecule has 0 spiro atoms. The van der Waals surface area contributed by atoms with E-state index >= 15 is 0 Å². The van der Waals surface area contributed by atoms with E-state index in [1.165, 1.54) is 0 Å². The zero-order valence-corrected chi connectivity index (χ0v) is 8.37. The molecular formula is C7H6BrF3N2O. The fourth-order valence-electron chi connectivity index (χ4n) is 1.12. The van der Waals surface area contributed by atoms with Gasteiger partial charge in [0, 0.05) is 12.1 Å². The second-order valence-electron chi connectivity index (χ2n) is 2.80. The van der Waals surface area contributed by atoms with E-state index in [-0.39, 0.29) is 12.1 Å². The van der Waals surface area contributed by atoms with E-state index in [1.807, 2.05) is 0 Å². The molecule has 1 atom stereocenters. The Balaban J connectivity index is 3.10. The zero-order valence-electron chi connectivity index (χ0n) is 6.78. The number of carbonyl (C=O) groups excluding carboxylic acids is 1. The van der Waals surface area contributed by atoms with Crippen LogP contribution >= 0.6 is 15.9 Å². The number of hydrogen-bond acceptors (Lipinski definition) is 3. The molecule has 0 radical (unpaired) electrons. The van der Waals surface area contributed by atoms with Crippen molar-refractivity contribution in [2.24, 2.45) is 5.73 Å². The monoisotopic (exact) mass is 270 g/mol. The molecule has 78 valence electrons. The van der Waals surface area contributed by atoms with Gasteiger partial charge in [0.2, 0.25) is 0 Å². The van der Waals surface area contributed by atoms with Crippen LogP contribution in [0.4, 0.5) is 13.2 Å². The molecule has 1 unspecified atom stereocenters. The topological polar surface area (TPSA) is 66.9 Å². The number of nitrogens with two attached hydrogens (primary N) is 1. The first kappa shape index (κ1) is 11.2. The van der Waals surface area contributed by atoms with E-state index in [2.05, 4.69) is 15.9 Å². The van der Waals surface area contributed by atoms with Gasteiger partial charge in [0.1, 0.15) is 5.71 Å². The Kier molecular flexibility index (Phi) is 2.71. The molecule has 0 saturated heterocycles. The van der Waals surface area contributed by atoms with Gasteiger partial charge in [-0.1, -0.05) is 15.9 Å². The number of halogens is 4. The first-order chi connectivity index (χ1) is 6.25. The summed E-state index contributed by atoms with van der Waals surface area (Å²) in [5, 5.41) is 6.78. The first-order valence-electron chi connectivity index (χ1n) is 3.58. The van der Waals surface area contributed by atoms with Gasteiger partial charge in [0.25, 0.3) is 0 Å². The van der Waals surface area contributed by atoms with Crippen molar-refractivity contribution in [1.29, 1.82) is 5.41 Å². The van der Waals surface area contributed by atoms with Crippen molar-refractivity contribution in [1.82, 2.24) is 0 Å². The van der Waals surface area contributed by atoms with Crippen LogP contribution in [0.5, 0.6) is 0 Å². The fraction of sp³-hybridized carbons (Fsp3) is 0.429. The molecule has 14 heavy (non-hydrogen) atoms. The standard InChI is InChI=1S/C7H6BrF3N2O/c8-2-1-3(14)4(5(2)12)6(13)7(9,10)11/h2,13H,1,12H2. The smallest absolute Gasteiger partial charge is 0.400 e. The summed E-state index contributed by atoms with van der Waals surface area (Å²) in [6.45, 7) is 0. The Morgan fingerprint density at radius 2 is 2.07 bits per heavy atom. The van der Waals surface area contributed by atoms with Crippen molar-refractivity contribution in [3.05, 3.63) is 11.3 Å². The van der Waals surface area contributed by atoms with Gasteiger partial charge in [0.15, 0.2) is 5.78 Å². The van der Waals surface area contributed by atoms with Gasteiger partial charge in [0.05, 0.1) is 10.4 Å². The highest BCUT2D eigenvalue weighted by Crippen LogP contribution is 2.31. The molecule has 0 aromatic rings. The highest BCUT2D eigenvalue weighted by molar-refractivity contribution is 9.09. The first-order valence-corrected chi connectivity index (χ1v) is 4.49. The highest BCUT2D eigenvalue weighted by Gasteiger charge is 2.43. The number of ketones is 1. The molecule has 0 heterocycles. The molecule has 7 heteroatoms. The Bertz CT molecular complexity index is 334. The molecule has 3 nitrogen and oxygen atoms in total. The Labute approximate surface area is 85.8 Å². The van der Waals surface area contributed by atoms with Crippen molar-refractivity contribution in [3.8, 4) is 0 Å². The molecule has 0 amide bonds. The zero-order chi connectivity index (χ0) is 11.1. The maximum atomic E-state index is 12.1. The number of alkyl halides is 4. The lowest BCUT2D eigenvalue weighted by Gasteiger charge is -2.08. The number of Topliss-reactive ketones (excluding diaryl/α,β-unsaturated/α-hetero) is 1. The summed E-state index contributed by atoms with van der Waals surface area (Å²) in [5.74, 6) is -0.744. The summed E-state index contributed by atoms with van der Waals surface area (Å²) >= 11 is 2.95. The maximum Gasteiger partial charge on any atom is 0.433 e. The lowest BCUT2D eigenvalue weighted by molar-refractivity contribution is -0.115. The summed E-state index contributed by atoms with van der Waals surface area (Å²) < 4.78 is 36.3. The normalized spacial score (nSPS) is 23.1. The number of allylic oxidation sites excluding steroid dienone is 2. The summed E-state index contributed by atoms with van der Waals surface area (Å²) in [4.78, 5) is 10.5. The van der Waals surface area contributed by atoms with E-state index in [9.17, 15) is 18.0 Å². The third kappa shape index (κ3) is 1.82. The SMILES string of the molecule is N=C(C1=C(N)C(Br)CC1=O)C(F)(F)F. The van der Waals surface area contributed by atoms with Gasteiger partial charge in [-0.15, -0.1) is 0 Å². The van der Waals surface area contributed by atoms with E-state index in [4.69, 9.17) is 11.1 Å². The predicted octanol–water partition coefficient (Wildman–Crippen LogP) is 1.52. The summed E-state index contributed by atoms with van der Waals surface area (Å²) in [6.07, 6.45) is -4.95. The van der Waals surface area contributed by atoms with Crippen molar-refractivity contribution in [3.63, 3.8) is 0 Å². The van der Waals surface area contributed by atoms with E-state index in [0.717, 1.165) is 0 Å². The van der Waals surface area contributed by atoms with Crippen LogP contribution in [0.25, 0.3) is 0 Å². The molecule has 1 rings (SSSR count). The average Bonchev–Trinajstić information content (AvgIpc) is 2.24. The van der Waals surface area contributed by atoms with Gasteiger partial charge < -0.3 is 5.73 Å². The summed E-state index contributed by atoms with van der Waals surface area (Å²) in [6, 6.07) is 0. The van der Waals surface area contributed by atoms with Crippen molar-refractivity contribution in [2.45, 2.75) is 17.4 Å². The Hall–Kier alpha value is -0.850. The van der Waals surface area contributed by atoms with E-state index in [0.29, 0.717) is 0 Å². The molecule has 0 bridgehead atoms. The molecule has 1 aliphatic carbocycles. The largest absolute Gasteiger partial charge is 0.433 e. The predicted molar refractivity (Wildman–Crippen MR) is 47.3 cm³/mol. The van der Waals surface area contributed by atoms with E-state index in [1.54, 1.807) is 0 Å². The van der Waals surface area contributed by atoms with Crippen LogP contribution in [0.2, 0.25) is 0 Å². The van der Waals surface area contributed by atoms with Crippen LogP contribution in [0, 0.1) is 5.41 Å². The molecule has 0 fully saturated rings. The number of nitrogens with one attached hydrogen (secondary N) is 1. The van der Waals surface area contributed by atoms with Crippen molar-refractivity contribution < 1.29 is 18.0 Å². The van der Waals surface area contributed by atoms with Gasteiger partial charge in [-0.2, -0.15) is 13.2 Å². The summed E-state index contributed by atoms with van der Waals surface area (Å²) in [5.41, 5.74) is 2.70. The molecule has 0 saturated carbocycles. The molecule has 0 aliphatic heterocycles. The van der Waals surface area contributed by atoms with Gasteiger partial charge in [-0.3, -0.25) is 10.2 Å². The molecule has 3 N–H and O–H groups in total. The van der Waals surface area contributed by atoms with Crippen molar-refractivity contribution >= 4 is 27.4 Å².